The van der Waals surface area contributed by atoms with Crippen LogP contribution in [0, 0.1) is 5.41 Å². The summed E-state index contributed by atoms with van der Waals surface area (Å²) < 4.78 is 18.6. The van der Waals surface area contributed by atoms with E-state index in [2.05, 4.69) is 87.4 Å². The van der Waals surface area contributed by atoms with Gasteiger partial charge in [-0.15, -0.1) is 0 Å². The van der Waals surface area contributed by atoms with E-state index in [1.54, 1.807) is 0 Å². The number of ether oxygens (including phenoxy) is 1. The van der Waals surface area contributed by atoms with E-state index in [4.69, 9.17) is 24.8 Å². The highest BCUT2D eigenvalue weighted by atomic mass is 16.7. The van der Waals surface area contributed by atoms with Crippen molar-refractivity contribution in [2.24, 2.45) is 11.1 Å². The van der Waals surface area contributed by atoms with Gasteiger partial charge in [0.05, 0.1) is 11.2 Å². The number of hydrogen-bond acceptors (Lipinski definition) is 5. The van der Waals surface area contributed by atoms with Gasteiger partial charge in [-0.3, -0.25) is 4.98 Å². The van der Waals surface area contributed by atoms with E-state index in [-0.39, 0.29) is 16.2 Å². The number of fused-ring (bicyclic) bond motifs is 1. The molecule has 2 heterocycles. The molecule has 0 radical (unpaired) electrons. The van der Waals surface area contributed by atoms with Crippen molar-refractivity contribution in [2.75, 3.05) is 13.2 Å². The lowest BCUT2D eigenvalue weighted by Crippen LogP contribution is -2.42. The highest BCUT2D eigenvalue weighted by Gasteiger charge is 2.57. The molecule has 0 saturated carbocycles. The average Bonchev–Trinajstić information content (AvgIpc) is 3.03. The molecule has 1 aromatic carbocycles. The van der Waals surface area contributed by atoms with E-state index in [1.165, 1.54) is 11.1 Å². The minimum absolute atomic E-state index is 0.0166. The van der Waals surface area contributed by atoms with Crippen molar-refractivity contribution in [3.63, 3.8) is 0 Å². The summed E-state index contributed by atoms with van der Waals surface area (Å²) in [4.78, 5) is 4.86. The van der Waals surface area contributed by atoms with Crippen molar-refractivity contribution in [3.05, 3.63) is 41.6 Å². The van der Waals surface area contributed by atoms with Crippen molar-refractivity contribution in [2.45, 2.75) is 91.3 Å². The number of hydrogen-bond donors (Lipinski definition) is 1. The minimum Gasteiger partial charge on any atom is -0.490 e. The normalized spacial score (nSPS) is 23.1. The summed E-state index contributed by atoms with van der Waals surface area (Å²) in [5.41, 5.74) is 10.6. The number of rotatable bonds is 5. The lowest BCUT2D eigenvalue weighted by molar-refractivity contribution is 0.00578. The summed E-state index contributed by atoms with van der Waals surface area (Å²) in [7, 11) is -0.493. The maximum Gasteiger partial charge on any atom is 0.496 e. The first-order chi connectivity index (χ1) is 15.6. The maximum absolute atomic E-state index is 6.25. The molecule has 2 N–H and O–H groups in total. The molecule has 1 saturated heterocycles. The van der Waals surface area contributed by atoms with Crippen LogP contribution in [0.2, 0.25) is 0 Å². The lowest BCUT2D eigenvalue weighted by atomic mass is 9.59. The Balaban J connectivity index is 1.78. The molecule has 0 spiro atoms. The molecule has 4 rings (SSSR count). The SMILES string of the molecule is CC1(C)OB(c2cnc(-c3ccc4c(c3)C(C)(C)C(C)(C)C4(C)C)c(OCCN)c2)OC1(C)C. The fraction of sp³-hybridized carbons (Fsp3) is 0.607. The summed E-state index contributed by atoms with van der Waals surface area (Å²) in [5.74, 6) is 0.701. The number of nitrogens with two attached hydrogens (primary N) is 1. The van der Waals surface area contributed by atoms with Gasteiger partial charge in [-0.05, 0) is 67.2 Å². The summed E-state index contributed by atoms with van der Waals surface area (Å²) in [6.45, 7) is 23.2. The van der Waals surface area contributed by atoms with Gasteiger partial charge < -0.3 is 19.8 Å². The van der Waals surface area contributed by atoms with Crippen LogP contribution in [-0.4, -0.2) is 36.5 Å². The third-order valence-corrected chi connectivity index (χ3v) is 9.54. The molecule has 34 heavy (non-hydrogen) atoms. The fourth-order valence-corrected chi connectivity index (χ4v) is 5.27. The van der Waals surface area contributed by atoms with Crippen LogP contribution in [0.1, 0.15) is 80.4 Å². The largest absolute Gasteiger partial charge is 0.496 e. The summed E-state index contributed by atoms with van der Waals surface area (Å²) in [5, 5.41) is 0. The molecule has 0 bridgehead atoms. The number of benzene rings is 1. The number of nitrogens with zero attached hydrogens (tertiary/aromatic N) is 1. The Morgan fingerprint density at radius 3 is 2.03 bits per heavy atom. The second-order valence-corrected chi connectivity index (χ2v) is 12.5. The Hall–Kier alpha value is -1.89. The Bertz CT molecular complexity index is 1090. The van der Waals surface area contributed by atoms with Crippen molar-refractivity contribution >= 4 is 12.6 Å². The molecule has 6 heteroatoms. The molecule has 0 amide bonds. The van der Waals surface area contributed by atoms with E-state index in [0.29, 0.717) is 18.9 Å². The van der Waals surface area contributed by atoms with Crippen LogP contribution in [0.4, 0.5) is 0 Å². The van der Waals surface area contributed by atoms with Gasteiger partial charge in [0.2, 0.25) is 0 Å². The third kappa shape index (κ3) is 3.52. The van der Waals surface area contributed by atoms with Gasteiger partial charge in [0.15, 0.2) is 0 Å². The molecule has 2 aliphatic rings. The number of pyridine rings is 1. The quantitative estimate of drug-likeness (QED) is 0.633. The van der Waals surface area contributed by atoms with E-state index in [0.717, 1.165) is 16.7 Å². The van der Waals surface area contributed by atoms with Crippen molar-refractivity contribution in [1.29, 1.82) is 0 Å². The van der Waals surface area contributed by atoms with Crippen LogP contribution in [-0.2, 0) is 20.1 Å². The molecule has 0 unspecified atom stereocenters. The summed E-state index contributed by atoms with van der Waals surface area (Å²) in [6, 6.07) is 8.74. The first kappa shape index (κ1) is 25.2. The molecule has 184 valence electrons. The first-order valence-corrected chi connectivity index (χ1v) is 12.4. The van der Waals surface area contributed by atoms with Crippen LogP contribution in [0.25, 0.3) is 11.3 Å². The fourth-order valence-electron chi connectivity index (χ4n) is 5.27. The van der Waals surface area contributed by atoms with Crippen LogP contribution < -0.4 is 15.9 Å². The van der Waals surface area contributed by atoms with Gasteiger partial charge in [-0.1, -0.05) is 53.7 Å². The topological polar surface area (TPSA) is 66.6 Å². The van der Waals surface area contributed by atoms with Gasteiger partial charge in [-0.2, -0.15) is 0 Å². The van der Waals surface area contributed by atoms with Crippen LogP contribution in [0.5, 0.6) is 5.75 Å². The second-order valence-electron chi connectivity index (χ2n) is 12.5. The minimum atomic E-state index is -0.493. The Morgan fingerprint density at radius 1 is 0.853 bits per heavy atom. The van der Waals surface area contributed by atoms with E-state index < -0.39 is 18.3 Å². The maximum atomic E-state index is 6.25. The highest BCUT2D eigenvalue weighted by molar-refractivity contribution is 6.62. The molecule has 5 nitrogen and oxygen atoms in total. The Morgan fingerprint density at radius 2 is 1.44 bits per heavy atom. The molecule has 2 aromatic rings. The second kappa shape index (κ2) is 7.81. The molecular formula is C28H41BN2O3. The van der Waals surface area contributed by atoms with Crippen molar-refractivity contribution < 1.29 is 14.0 Å². The zero-order valence-electron chi connectivity index (χ0n) is 22.6. The zero-order valence-corrected chi connectivity index (χ0v) is 22.6. The molecule has 1 aliphatic heterocycles. The molecule has 0 atom stereocenters. The third-order valence-electron chi connectivity index (χ3n) is 9.54. The Kier molecular flexibility index (Phi) is 5.79. The van der Waals surface area contributed by atoms with Gasteiger partial charge in [-0.25, -0.2) is 0 Å². The standard InChI is InChI=1S/C28H41BN2O3/c1-24(2)20-12-11-18(15-21(20)25(3,4)26(24,5)6)23-22(32-14-13-30)16-19(17-31-23)29-33-27(7,8)28(9,10)34-29/h11-12,15-17H,13-14,30H2,1-10H3. The predicted octanol–water partition coefficient (Wildman–Crippen LogP) is 4.98. The summed E-state index contributed by atoms with van der Waals surface area (Å²) >= 11 is 0. The van der Waals surface area contributed by atoms with E-state index >= 15 is 0 Å². The van der Waals surface area contributed by atoms with Crippen LogP contribution >= 0.6 is 0 Å². The van der Waals surface area contributed by atoms with Gasteiger partial charge in [0.1, 0.15) is 18.1 Å². The molecule has 1 fully saturated rings. The Labute approximate surface area is 205 Å². The molecule has 1 aliphatic carbocycles. The first-order valence-electron chi connectivity index (χ1n) is 12.4. The van der Waals surface area contributed by atoms with Crippen molar-refractivity contribution in [1.82, 2.24) is 4.98 Å². The predicted molar refractivity (Wildman–Crippen MR) is 140 cm³/mol. The molecule has 1 aromatic heterocycles. The van der Waals surface area contributed by atoms with E-state index in [9.17, 15) is 0 Å². The van der Waals surface area contributed by atoms with Crippen LogP contribution in [0.15, 0.2) is 30.5 Å². The van der Waals surface area contributed by atoms with Crippen molar-refractivity contribution in [3.8, 4) is 17.0 Å². The zero-order chi connectivity index (χ0) is 25.3. The smallest absolute Gasteiger partial charge is 0.490 e. The monoisotopic (exact) mass is 464 g/mol. The number of aromatic nitrogens is 1. The van der Waals surface area contributed by atoms with Gasteiger partial charge in [0, 0.05) is 23.8 Å². The van der Waals surface area contributed by atoms with E-state index in [1.807, 2.05) is 12.3 Å². The summed E-state index contributed by atoms with van der Waals surface area (Å²) in [6.07, 6.45) is 1.85. The highest BCUT2D eigenvalue weighted by Crippen LogP contribution is 2.61. The van der Waals surface area contributed by atoms with Gasteiger partial charge in [0.25, 0.3) is 0 Å². The average molecular weight is 464 g/mol. The van der Waals surface area contributed by atoms with Gasteiger partial charge >= 0.3 is 7.12 Å². The molecular weight excluding hydrogens is 423 g/mol. The van der Waals surface area contributed by atoms with Crippen LogP contribution in [0.3, 0.4) is 0 Å². The lowest BCUT2D eigenvalue weighted by Gasteiger charge is -2.44.